The lowest BCUT2D eigenvalue weighted by molar-refractivity contribution is 0.0503. The standard InChI is InChI=1S/C16H15N5O2S/c1-9-2-3-13-10(4-9)5-14(24-13)16(23)20-6-11(7-20)21-8-12(15(17)22)18-19-21/h2-5,8,11H,6-7H2,1H3,(H2,17,22). The molecule has 2 aromatic heterocycles. The fourth-order valence-electron chi connectivity index (χ4n) is 2.78. The van der Waals surface area contributed by atoms with Gasteiger partial charge in [0.05, 0.1) is 17.1 Å². The maximum absolute atomic E-state index is 12.6. The minimum absolute atomic E-state index is 0.0281. The quantitative estimate of drug-likeness (QED) is 0.783. The maximum Gasteiger partial charge on any atom is 0.270 e. The Kier molecular flexibility index (Phi) is 3.34. The number of fused-ring (bicyclic) bond motifs is 1. The van der Waals surface area contributed by atoms with E-state index in [1.165, 1.54) is 23.1 Å². The van der Waals surface area contributed by atoms with Crippen LogP contribution in [0.2, 0.25) is 0 Å². The average molecular weight is 341 g/mol. The van der Waals surface area contributed by atoms with Crippen molar-refractivity contribution in [2.75, 3.05) is 13.1 Å². The number of thiophene rings is 1. The van der Waals surface area contributed by atoms with Crippen LogP contribution in [0, 0.1) is 6.92 Å². The topological polar surface area (TPSA) is 94.1 Å². The molecular weight excluding hydrogens is 326 g/mol. The van der Waals surface area contributed by atoms with Crippen LogP contribution in [0.3, 0.4) is 0 Å². The molecule has 0 aliphatic carbocycles. The summed E-state index contributed by atoms with van der Waals surface area (Å²) in [6.07, 6.45) is 1.52. The summed E-state index contributed by atoms with van der Waals surface area (Å²) in [6, 6.07) is 8.16. The van der Waals surface area contributed by atoms with Crippen LogP contribution in [0.1, 0.15) is 31.8 Å². The number of aromatic nitrogens is 3. The van der Waals surface area contributed by atoms with Crippen molar-refractivity contribution >= 4 is 33.2 Å². The van der Waals surface area contributed by atoms with E-state index in [4.69, 9.17) is 5.73 Å². The molecule has 0 bridgehead atoms. The first-order valence-corrected chi connectivity index (χ1v) is 8.34. The van der Waals surface area contributed by atoms with Crippen molar-refractivity contribution in [3.8, 4) is 0 Å². The van der Waals surface area contributed by atoms with Crippen LogP contribution in [0.4, 0.5) is 0 Å². The second-order valence-corrected chi connectivity index (χ2v) is 7.05. The van der Waals surface area contributed by atoms with Crippen molar-refractivity contribution in [2.24, 2.45) is 5.73 Å². The molecule has 122 valence electrons. The van der Waals surface area contributed by atoms with Gasteiger partial charge in [-0.2, -0.15) is 0 Å². The highest BCUT2D eigenvalue weighted by molar-refractivity contribution is 7.20. The lowest BCUT2D eigenvalue weighted by Crippen LogP contribution is -2.50. The van der Waals surface area contributed by atoms with Crippen molar-refractivity contribution in [2.45, 2.75) is 13.0 Å². The number of amides is 2. The van der Waals surface area contributed by atoms with Crippen LogP contribution in [0.15, 0.2) is 30.5 Å². The summed E-state index contributed by atoms with van der Waals surface area (Å²) in [6.45, 7) is 3.14. The third-order valence-corrected chi connectivity index (χ3v) is 5.27. The van der Waals surface area contributed by atoms with Crippen molar-refractivity contribution in [1.82, 2.24) is 19.9 Å². The van der Waals surface area contributed by atoms with Gasteiger partial charge in [-0.3, -0.25) is 9.59 Å². The number of rotatable bonds is 3. The normalized spacial score (nSPS) is 14.8. The van der Waals surface area contributed by atoms with E-state index >= 15 is 0 Å². The lowest BCUT2D eigenvalue weighted by atomic mass is 10.1. The van der Waals surface area contributed by atoms with Crippen molar-refractivity contribution in [3.63, 3.8) is 0 Å². The first kappa shape index (κ1) is 14.8. The second-order valence-electron chi connectivity index (χ2n) is 5.96. The molecule has 8 heteroatoms. The van der Waals surface area contributed by atoms with Crippen LogP contribution in [0.5, 0.6) is 0 Å². The molecule has 24 heavy (non-hydrogen) atoms. The average Bonchev–Trinajstić information content (AvgIpc) is 3.11. The van der Waals surface area contributed by atoms with E-state index in [0.29, 0.717) is 13.1 Å². The number of nitrogens with two attached hydrogens (primary N) is 1. The van der Waals surface area contributed by atoms with Gasteiger partial charge in [0.2, 0.25) is 0 Å². The third-order valence-electron chi connectivity index (χ3n) is 4.17. The Morgan fingerprint density at radius 1 is 1.29 bits per heavy atom. The van der Waals surface area contributed by atoms with Gasteiger partial charge in [0.25, 0.3) is 11.8 Å². The molecular formula is C16H15N5O2S. The smallest absolute Gasteiger partial charge is 0.270 e. The minimum Gasteiger partial charge on any atom is -0.364 e. The highest BCUT2D eigenvalue weighted by atomic mass is 32.1. The Bertz CT molecular complexity index is 954. The molecule has 1 aliphatic heterocycles. The highest BCUT2D eigenvalue weighted by Crippen LogP contribution is 2.30. The van der Waals surface area contributed by atoms with Crippen molar-refractivity contribution < 1.29 is 9.59 Å². The first-order valence-electron chi connectivity index (χ1n) is 7.52. The Morgan fingerprint density at radius 3 is 2.79 bits per heavy atom. The van der Waals surface area contributed by atoms with Crippen molar-refractivity contribution in [3.05, 3.63) is 46.6 Å². The van der Waals surface area contributed by atoms with E-state index in [1.807, 2.05) is 25.1 Å². The molecule has 0 atom stereocenters. The Balaban J connectivity index is 1.47. The zero-order valence-electron chi connectivity index (χ0n) is 13.0. The summed E-state index contributed by atoms with van der Waals surface area (Å²) in [5, 5.41) is 8.72. The molecule has 7 nitrogen and oxygen atoms in total. The van der Waals surface area contributed by atoms with E-state index in [1.54, 1.807) is 9.58 Å². The molecule has 1 saturated heterocycles. The zero-order chi connectivity index (χ0) is 16.8. The monoisotopic (exact) mass is 341 g/mol. The number of carbonyl (C=O) groups is 2. The molecule has 0 spiro atoms. The summed E-state index contributed by atoms with van der Waals surface area (Å²) in [5.41, 5.74) is 6.49. The van der Waals surface area contributed by atoms with E-state index < -0.39 is 5.91 Å². The SMILES string of the molecule is Cc1ccc2sc(C(=O)N3CC(n4cc(C(N)=O)nn4)C3)cc2c1. The number of aryl methyl sites for hydroxylation is 1. The van der Waals surface area contributed by atoms with E-state index in [0.717, 1.165) is 15.0 Å². The van der Waals surface area contributed by atoms with Crippen LogP contribution in [-0.4, -0.2) is 44.8 Å². The molecule has 0 radical (unpaired) electrons. The molecule has 3 aromatic rings. The number of primary amides is 1. The molecule has 2 amide bonds. The second kappa shape index (κ2) is 5.41. The van der Waals surface area contributed by atoms with Gasteiger partial charge in [0, 0.05) is 17.8 Å². The Labute approximate surface area is 141 Å². The van der Waals surface area contributed by atoms with Gasteiger partial charge in [-0.05, 0) is 24.4 Å². The molecule has 2 N–H and O–H groups in total. The predicted molar refractivity (Wildman–Crippen MR) is 90.0 cm³/mol. The lowest BCUT2D eigenvalue weighted by Gasteiger charge is -2.38. The zero-order valence-corrected chi connectivity index (χ0v) is 13.8. The molecule has 0 saturated carbocycles. The van der Waals surface area contributed by atoms with Gasteiger partial charge < -0.3 is 10.6 Å². The van der Waals surface area contributed by atoms with Crippen molar-refractivity contribution in [1.29, 1.82) is 0 Å². The molecule has 3 heterocycles. The fraction of sp³-hybridized carbons (Fsp3) is 0.250. The van der Waals surface area contributed by atoms with Gasteiger partial charge in [-0.1, -0.05) is 22.9 Å². The molecule has 1 fully saturated rings. The van der Waals surface area contributed by atoms with E-state index in [9.17, 15) is 9.59 Å². The highest BCUT2D eigenvalue weighted by Gasteiger charge is 2.34. The molecule has 1 aromatic carbocycles. The summed E-state index contributed by atoms with van der Waals surface area (Å²) < 4.78 is 2.71. The minimum atomic E-state index is -0.603. The summed E-state index contributed by atoms with van der Waals surface area (Å²) >= 11 is 1.51. The van der Waals surface area contributed by atoms with Gasteiger partial charge in [0.1, 0.15) is 0 Å². The number of hydrogen-bond donors (Lipinski definition) is 1. The van der Waals surface area contributed by atoms with Gasteiger partial charge >= 0.3 is 0 Å². The maximum atomic E-state index is 12.6. The van der Waals surface area contributed by atoms with E-state index in [2.05, 4.69) is 16.4 Å². The third kappa shape index (κ3) is 2.44. The Hall–Kier alpha value is -2.74. The van der Waals surface area contributed by atoms with Crippen LogP contribution in [-0.2, 0) is 0 Å². The van der Waals surface area contributed by atoms with E-state index in [-0.39, 0.29) is 17.6 Å². The van der Waals surface area contributed by atoms with Gasteiger partial charge in [-0.25, -0.2) is 4.68 Å². The summed E-state index contributed by atoms with van der Waals surface area (Å²) in [7, 11) is 0. The van der Waals surface area contributed by atoms with Crippen LogP contribution < -0.4 is 5.73 Å². The van der Waals surface area contributed by atoms with Gasteiger partial charge in [0.15, 0.2) is 5.69 Å². The van der Waals surface area contributed by atoms with Crippen LogP contribution >= 0.6 is 11.3 Å². The number of hydrogen-bond acceptors (Lipinski definition) is 5. The summed E-state index contributed by atoms with van der Waals surface area (Å²) in [4.78, 5) is 26.2. The Morgan fingerprint density at radius 2 is 2.08 bits per heavy atom. The fourth-order valence-corrected chi connectivity index (χ4v) is 3.79. The molecule has 1 aliphatic rings. The van der Waals surface area contributed by atoms with Crippen LogP contribution in [0.25, 0.3) is 10.1 Å². The number of benzene rings is 1. The predicted octanol–water partition coefficient (Wildman–Crippen LogP) is 1.60. The summed E-state index contributed by atoms with van der Waals surface area (Å²) in [5.74, 6) is -0.575. The molecule has 0 unspecified atom stereocenters. The first-order chi connectivity index (χ1) is 11.5. The van der Waals surface area contributed by atoms with Gasteiger partial charge in [-0.15, -0.1) is 16.4 Å². The number of likely N-dealkylation sites (tertiary alicyclic amines) is 1. The molecule has 4 rings (SSSR count). The number of nitrogens with zero attached hydrogens (tertiary/aromatic N) is 4. The number of carbonyl (C=O) groups excluding carboxylic acids is 2. The largest absolute Gasteiger partial charge is 0.364 e.